The fraction of sp³-hybridized carbons (Fsp3) is 0.267. The molecule has 0 bridgehead atoms. The van der Waals surface area contributed by atoms with E-state index in [9.17, 15) is 0 Å². The molecule has 4 nitrogen and oxygen atoms in total. The molecule has 1 saturated carbocycles. The number of rotatable bonds is 4. The van der Waals surface area contributed by atoms with Crippen molar-refractivity contribution in [3.63, 3.8) is 0 Å². The van der Waals surface area contributed by atoms with Crippen LogP contribution < -0.4 is 5.32 Å². The lowest BCUT2D eigenvalue weighted by Crippen LogP contribution is -2.00. The molecule has 0 spiro atoms. The van der Waals surface area contributed by atoms with Crippen LogP contribution in [0, 0.1) is 0 Å². The van der Waals surface area contributed by atoms with Gasteiger partial charge in [0.25, 0.3) is 0 Å². The van der Waals surface area contributed by atoms with Gasteiger partial charge in [-0.3, -0.25) is 4.98 Å². The average molecular weight is 282 g/mol. The first-order chi connectivity index (χ1) is 9.90. The van der Waals surface area contributed by atoms with Crippen LogP contribution in [-0.2, 0) is 6.54 Å². The first-order valence-corrected chi connectivity index (χ1v) is 7.57. The van der Waals surface area contributed by atoms with Gasteiger partial charge in [-0.1, -0.05) is 24.3 Å². The van der Waals surface area contributed by atoms with Crippen LogP contribution in [0.3, 0.4) is 0 Å². The zero-order chi connectivity index (χ0) is 13.4. The van der Waals surface area contributed by atoms with Gasteiger partial charge in [0.1, 0.15) is 5.82 Å². The average Bonchev–Trinajstić information content (AvgIpc) is 3.24. The molecule has 100 valence electrons. The summed E-state index contributed by atoms with van der Waals surface area (Å²) in [5, 5.41) is 5.43. The summed E-state index contributed by atoms with van der Waals surface area (Å²) in [4.78, 5) is 9.01. The third kappa shape index (κ3) is 2.25. The molecule has 0 unspecified atom stereocenters. The lowest BCUT2D eigenvalue weighted by atomic mass is 10.1. The van der Waals surface area contributed by atoms with Gasteiger partial charge in [-0.25, -0.2) is 4.98 Å². The third-order valence-electron chi connectivity index (χ3n) is 3.53. The van der Waals surface area contributed by atoms with E-state index < -0.39 is 0 Å². The highest BCUT2D eigenvalue weighted by Crippen LogP contribution is 2.39. The number of benzene rings is 1. The maximum Gasteiger partial charge on any atom is 0.202 e. The van der Waals surface area contributed by atoms with Crippen LogP contribution in [0.4, 0.5) is 5.13 Å². The largest absolute Gasteiger partial charge is 0.356 e. The number of para-hydroxylation sites is 1. The molecule has 0 atom stereocenters. The van der Waals surface area contributed by atoms with Crippen LogP contribution in [0.25, 0.3) is 10.9 Å². The molecule has 1 fully saturated rings. The molecule has 0 saturated heterocycles. The molecule has 1 aromatic carbocycles. The van der Waals surface area contributed by atoms with Gasteiger partial charge in [0, 0.05) is 35.6 Å². The summed E-state index contributed by atoms with van der Waals surface area (Å²) in [6, 6.07) is 10.3. The Hall–Kier alpha value is -2.01. The van der Waals surface area contributed by atoms with Gasteiger partial charge >= 0.3 is 0 Å². The zero-order valence-electron chi connectivity index (χ0n) is 10.9. The maximum absolute atomic E-state index is 4.54. The number of hydrogen-bond donors (Lipinski definition) is 1. The Bertz CT molecular complexity index is 743. The van der Waals surface area contributed by atoms with Gasteiger partial charge in [-0.05, 0) is 24.5 Å². The molecule has 0 radical (unpaired) electrons. The van der Waals surface area contributed by atoms with Crippen molar-refractivity contribution in [2.75, 3.05) is 5.32 Å². The Kier molecular flexibility index (Phi) is 2.85. The van der Waals surface area contributed by atoms with Crippen LogP contribution in [0.1, 0.15) is 30.1 Å². The van der Waals surface area contributed by atoms with Crippen molar-refractivity contribution in [1.82, 2.24) is 14.3 Å². The standard InChI is InChI=1S/C15H14N4S/c1-3-10-5-2-8-16-13(10)12(4-1)9-17-15-18-14(19-20-15)11-6-7-11/h1-5,8,11H,6-7,9H2,(H,17,18,19). The molecule has 20 heavy (non-hydrogen) atoms. The fourth-order valence-corrected chi connectivity index (χ4v) is 2.94. The molecular weight excluding hydrogens is 268 g/mol. The summed E-state index contributed by atoms with van der Waals surface area (Å²) < 4.78 is 4.41. The molecule has 1 aliphatic rings. The van der Waals surface area contributed by atoms with Crippen LogP contribution in [0.5, 0.6) is 0 Å². The molecule has 3 aromatic rings. The molecule has 2 heterocycles. The Morgan fingerprint density at radius 3 is 3.00 bits per heavy atom. The summed E-state index contributed by atoms with van der Waals surface area (Å²) in [6.07, 6.45) is 4.31. The van der Waals surface area contributed by atoms with E-state index in [0.717, 1.165) is 23.0 Å². The number of hydrogen-bond acceptors (Lipinski definition) is 5. The van der Waals surface area contributed by atoms with Crippen molar-refractivity contribution >= 4 is 27.6 Å². The van der Waals surface area contributed by atoms with E-state index in [2.05, 4.69) is 43.9 Å². The predicted octanol–water partition coefficient (Wildman–Crippen LogP) is 3.58. The highest BCUT2D eigenvalue weighted by Gasteiger charge is 2.27. The molecule has 0 amide bonds. The summed E-state index contributed by atoms with van der Waals surface area (Å²) in [6.45, 7) is 0.730. The van der Waals surface area contributed by atoms with E-state index in [0.29, 0.717) is 5.92 Å². The van der Waals surface area contributed by atoms with E-state index >= 15 is 0 Å². The van der Waals surface area contributed by atoms with Gasteiger partial charge in [0.15, 0.2) is 0 Å². The summed E-state index contributed by atoms with van der Waals surface area (Å²) in [7, 11) is 0. The topological polar surface area (TPSA) is 50.7 Å². The minimum absolute atomic E-state index is 0.612. The lowest BCUT2D eigenvalue weighted by Gasteiger charge is -2.05. The number of fused-ring (bicyclic) bond motifs is 1. The second-order valence-electron chi connectivity index (χ2n) is 5.08. The molecule has 2 aromatic heterocycles. The Morgan fingerprint density at radius 1 is 1.20 bits per heavy atom. The molecule has 1 N–H and O–H groups in total. The fourth-order valence-electron chi connectivity index (χ4n) is 2.29. The number of anilines is 1. The van der Waals surface area contributed by atoms with Gasteiger partial charge in [0.2, 0.25) is 5.13 Å². The molecule has 1 aliphatic carbocycles. The van der Waals surface area contributed by atoms with Crippen LogP contribution in [0.15, 0.2) is 36.5 Å². The monoisotopic (exact) mass is 282 g/mol. The summed E-state index contributed by atoms with van der Waals surface area (Å²) >= 11 is 1.45. The van der Waals surface area contributed by atoms with E-state index in [1.54, 1.807) is 0 Å². The van der Waals surface area contributed by atoms with Crippen molar-refractivity contribution in [3.8, 4) is 0 Å². The van der Waals surface area contributed by atoms with E-state index in [1.807, 2.05) is 12.3 Å². The van der Waals surface area contributed by atoms with E-state index in [4.69, 9.17) is 0 Å². The van der Waals surface area contributed by atoms with Crippen molar-refractivity contribution in [3.05, 3.63) is 47.9 Å². The van der Waals surface area contributed by atoms with Crippen LogP contribution in [0.2, 0.25) is 0 Å². The van der Waals surface area contributed by atoms with E-state index in [1.165, 1.54) is 35.3 Å². The van der Waals surface area contributed by atoms with E-state index in [-0.39, 0.29) is 0 Å². The molecule has 0 aliphatic heterocycles. The van der Waals surface area contributed by atoms with Gasteiger partial charge in [-0.2, -0.15) is 4.37 Å². The first-order valence-electron chi connectivity index (χ1n) is 6.80. The highest BCUT2D eigenvalue weighted by atomic mass is 32.1. The minimum atomic E-state index is 0.612. The molecule has 5 heteroatoms. The minimum Gasteiger partial charge on any atom is -0.356 e. The van der Waals surface area contributed by atoms with Crippen molar-refractivity contribution in [2.24, 2.45) is 0 Å². The number of pyridine rings is 1. The van der Waals surface area contributed by atoms with Crippen molar-refractivity contribution in [1.29, 1.82) is 0 Å². The second-order valence-corrected chi connectivity index (χ2v) is 5.83. The molecule has 4 rings (SSSR count). The quantitative estimate of drug-likeness (QED) is 0.794. The summed E-state index contributed by atoms with van der Waals surface area (Å²) in [5.41, 5.74) is 2.24. The van der Waals surface area contributed by atoms with Gasteiger partial charge in [-0.15, -0.1) is 0 Å². The highest BCUT2D eigenvalue weighted by molar-refractivity contribution is 7.09. The lowest BCUT2D eigenvalue weighted by molar-refractivity contribution is 0.980. The maximum atomic E-state index is 4.54. The Balaban J connectivity index is 1.54. The second kappa shape index (κ2) is 4.83. The normalized spacial score (nSPS) is 14.6. The third-order valence-corrected chi connectivity index (χ3v) is 4.22. The Morgan fingerprint density at radius 2 is 2.10 bits per heavy atom. The zero-order valence-corrected chi connectivity index (χ0v) is 11.7. The van der Waals surface area contributed by atoms with Gasteiger partial charge in [0.05, 0.1) is 5.52 Å². The van der Waals surface area contributed by atoms with Crippen LogP contribution in [-0.4, -0.2) is 14.3 Å². The first kappa shape index (κ1) is 11.8. The van der Waals surface area contributed by atoms with Crippen molar-refractivity contribution in [2.45, 2.75) is 25.3 Å². The van der Waals surface area contributed by atoms with Crippen molar-refractivity contribution < 1.29 is 0 Å². The molecular formula is C15H14N4S. The number of nitrogens with one attached hydrogen (secondary N) is 1. The predicted molar refractivity (Wildman–Crippen MR) is 81.0 cm³/mol. The smallest absolute Gasteiger partial charge is 0.202 e. The Labute approximate surface area is 121 Å². The number of aromatic nitrogens is 3. The summed E-state index contributed by atoms with van der Waals surface area (Å²) in [5.74, 6) is 1.62. The SMILES string of the molecule is c1cnc2c(CNc3nc(C4CC4)ns3)cccc2c1. The van der Waals surface area contributed by atoms with Crippen LogP contribution >= 0.6 is 11.5 Å². The number of nitrogens with zero attached hydrogens (tertiary/aromatic N) is 3. The van der Waals surface area contributed by atoms with Gasteiger partial charge < -0.3 is 5.32 Å².